The van der Waals surface area contributed by atoms with Crippen LogP contribution in [0.4, 0.5) is 0 Å². The molecule has 0 aliphatic heterocycles. The van der Waals surface area contributed by atoms with Crippen molar-refractivity contribution in [1.82, 2.24) is 4.98 Å². The maximum absolute atomic E-state index is 12.2. The fourth-order valence-corrected chi connectivity index (χ4v) is 2.96. The van der Waals surface area contributed by atoms with Crippen LogP contribution in [0.2, 0.25) is 0 Å². The van der Waals surface area contributed by atoms with E-state index in [1.165, 1.54) is 11.3 Å². The van der Waals surface area contributed by atoms with Crippen molar-refractivity contribution in [3.63, 3.8) is 0 Å². The molecule has 1 heterocycles. The first-order valence-electron chi connectivity index (χ1n) is 7.01. The molecule has 2 aromatic rings. The van der Waals surface area contributed by atoms with Crippen molar-refractivity contribution in [3.05, 3.63) is 51.5 Å². The Hall–Kier alpha value is -1.81. The van der Waals surface area contributed by atoms with E-state index in [4.69, 9.17) is 0 Å². The number of Topliss-reactive ketones (excluding diaryl/α,β-unsaturated/α-hetero) is 2. The van der Waals surface area contributed by atoms with Gasteiger partial charge in [-0.3, -0.25) is 9.59 Å². The number of aromatic nitrogens is 1. The SMILES string of the molecule is CC(=O)Cc1ccc(C(=O)Cc2nc(C(C)C)cs2)cc1. The highest BCUT2D eigenvalue weighted by Gasteiger charge is 2.12. The van der Waals surface area contributed by atoms with E-state index >= 15 is 0 Å². The van der Waals surface area contributed by atoms with E-state index in [-0.39, 0.29) is 11.6 Å². The number of ketones is 2. The average Bonchev–Trinajstić information content (AvgIpc) is 2.87. The maximum Gasteiger partial charge on any atom is 0.169 e. The normalized spacial score (nSPS) is 10.9. The third-order valence-corrected chi connectivity index (χ3v) is 4.07. The van der Waals surface area contributed by atoms with Crippen molar-refractivity contribution in [3.8, 4) is 0 Å². The summed E-state index contributed by atoms with van der Waals surface area (Å²) in [7, 11) is 0. The fourth-order valence-electron chi connectivity index (χ4n) is 2.01. The Kier molecular flexibility index (Phi) is 5.02. The van der Waals surface area contributed by atoms with E-state index in [2.05, 4.69) is 18.8 Å². The van der Waals surface area contributed by atoms with Gasteiger partial charge in [-0.15, -0.1) is 11.3 Å². The molecule has 1 aromatic carbocycles. The zero-order valence-electron chi connectivity index (χ0n) is 12.6. The van der Waals surface area contributed by atoms with Gasteiger partial charge in [0.25, 0.3) is 0 Å². The van der Waals surface area contributed by atoms with E-state index in [0.29, 0.717) is 24.3 Å². The van der Waals surface area contributed by atoms with Gasteiger partial charge in [-0.05, 0) is 18.4 Å². The molecule has 0 radical (unpaired) electrons. The first-order valence-corrected chi connectivity index (χ1v) is 7.89. The first-order chi connectivity index (χ1) is 9.95. The minimum Gasteiger partial charge on any atom is -0.300 e. The summed E-state index contributed by atoms with van der Waals surface area (Å²) >= 11 is 1.54. The summed E-state index contributed by atoms with van der Waals surface area (Å²) in [5.74, 6) is 0.572. The van der Waals surface area contributed by atoms with Crippen LogP contribution >= 0.6 is 11.3 Å². The average molecular weight is 301 g/mol. The lowest BCUT2D eigenvalue weighted by Gasteiger charge is -2.02. The summed E-state index contributed by atoms with van der Waals surface area (Å²) in [5, 5.41) is 2.87. The molecule has 0 atom stereocenters. The van der Waals surface area contributed by atoms with Crippen LogP contribution in [-0.2, 0) is 17.6 Å². The molecule has 3 nitrogen and oxygen atoms in total. The number of thiazole rings is 1. The monoisotopic (exact) mass is 301 g/mol. The third kappa shape index (κ3) is 4.33. The largest absolute Gasteiger partial charge is 0.300 e. The molecule has 110 valence electrons. The lowest BCUT2D eigenvalue weighted by Crippen LogP contribution is -2.04. The fraction of sp³-hybridized carbons (Fsp3) is 0.353. The van der Waals surface area contributed by atoms with Crippen molar-refractivity contribution >= 4 is 22.9 Å². The zero-order valence-corrected chi connectivity index (χ0v) is 13.4. The van der Waals surface area contributed by atoms with Crippen LogP contribution in [0.1, 0.15) is 53.3 Å². The van der Waals surface area contributed by atoms with Crippen LogP contribution < -0.4 is 0 Å². The Morgan fingerprint density at radius 1 is 1.14 bits per heavy atom. The Bertz CT molecular complexity index is 641. The number of nitrogens with zero attached hydrogens (tertiary/aromatic N) is 1. The van der Waals surface area contributed by atoms with Gasteiger partial charge in [-0.2, -0.15) is 0 Å². The molecule has 0 amide bonds. The van der Waals surface area contributed by atoms with Gasteiger partial charge in [0.15, 0.2) is 5.78 Å². The topological polar surface area (TPSA) is 47.0 Å². The summed E-state index contributed by atoms with van der Waals surface area (Å²) in [5.41, 5.74) is 2.65. The maximum atomic E-state index is 12.2. The van der Waals surface area contributed by atoms with Gasteiger partial charge in [-0.25, -0.2) is 4.98 Å². The molecule has 0 aliphatic carbocycles. The van der Waals surface area contributed by atoms with E-state index in [1.54, 1.807) is 19.1 Å². The quantitative estimate of drug-likeness (QED) is 0.762. The molecular formula is C17H19NO2S. The van der Waals surface area contributed by atoms with Gasteiger partial charge in [0.2, 0.25) is 0 Å². The highest BCUT2D eigenvalue weighted by molar-refractivity contribution is 7.09. The molecule has 0 bridgehead atoms. The molecule has 21 heavy (non-hydrogen) atoms. The van der Waals surface area contributed by atoms with Crippen molar-refractivity contribution in [2.24, 2.45) is 0 Å². The van der Waals surface area contributed by atoms with E-state index in [0.717, 1.165) is 16.3 Å². The third-order valence-electron chi connectivity index (χ3n) is 3.20. The number of hydrogen-bond donors (Lipinski definition) is 0. The van der Waals surface area contributed by atoms with Gasteiger partial charge in [0, 0.05) is 17.4 Å². The Labute approximate surface area is 129 Å². The number of carbonyl (C=O) groups excluding carboxylic acids is 2. The zero-order chi connectivity index (χ0) is 15.4. The predicted molar refractivity (Wildman–Crippen MR) is 85.1 cm³/mol. The van der Waals surface area contributed by atoms with Crippen LogP contribution in [0.3, 0.4) is 0 Å². The highest BCUT2D eigenvalue weighted by atomic mass is 32.1. The second-order valence-electron chi connectivity index (χ2n) is 5.50. The molecule has 4 heteroatoms. The van der Waals surface area contributed by atoms with Gasteiger partial charge in [-0.1, -0.05) is 38.1 Å². The summed E-state index contributed by atoms with van der Waals surface area (Å²) in [6, 6.07) is 7.27. The molecule has 0 saturated carbocycles. The molecule has 0 spiro atoms. The van der Waals surface area contributed by atoms with Crippen LogP contribution in [-0.4, -0.2) is 16.6 Å². The van der Waals surface area contributed by atoms with Crippen LogP contribution in [0.5, 0.6) is 0 Å². The number of benzene rings is 1. The molecule has 0 N–H and O–H groups in total. The molecule has 2 rings (SSSR count). The van der Waals surface area contributed by atoms with Crippen molar-refractivity contribution in [2.45, 2.75) is 39.5 Å². The second kappa shape index (κ2) is 6.76. The highest BCUT2D eigenvalue weighted by Crippen LogP contribution is 2.19. The molecule has 0 unspecified atom stereocenters. The first kappa shape index (κ1) is 15.6. The van der Waals surface area contributed by atoms with Gasteiger partial charge >= 0.3 is 0 Å². The van der Waals surface area contributed by atoms with Gasteiger partial charge in [0.05, 0.1) is 12.1 Å². The minimum absolute atomic E-state index is 0.0639. The van der Waals surface area contributed by atoms with Crippen LogP contribution in [0.15, 0.2) is 29.6 Å². The lowest BCUT2D eigenvalue weighted by molar-refractivity contribution is -0.116. The van der Waals surface area contributed by atoms with E-state index in [9.17, 15) is 9.59 Å². The lowest BCUT2D eigenvalue weighted by atomic mass is 10.0. The molecule has 0 aliphatic rings. The smallest absolute Gasteiger partial charge is 0.169 e. The number of rotatable bonds is 6. The van der Waals surface area contributed by atoms with Gasteiger partial charge < -0.3 is 0 Å². The Morgan fingerprint density at radius 3 is 2.33 bits per heavy atom. The molecular weight excluding hydrogens is 282 g/mol. The molecule has 0 fully saturated rings. The van der Waals surface area contributed by atoms with Crippen molar-refractivity contribution < 1.29 is 9.59 Å². The van der Waals surface area contributed by atoms with Crippen molar-refractivity contribution in [1.29, 1.82) is 0 Å². The standard InChI is InChI=1S/C17H19NO2S/c1-11(2)15-10-21-17(18-15)9-16(20)14-6-4-13(5-7-14)8-12(3)19/h4-7,10-11H,8-9H2,1-3H3. The van der Waals surface area contributed by atoms with E-state index < -0.39 is 0 Å². The summed E-state index contributed by atoms with van der Waals surface area (Å²) in [6.45, 7) is 5.75. The predicted octanol–water partition coefficient (Wildman–Crippen LogP) is 3.82. The van der Waals surface area contributed by atoms with Crippen LogP contribution in [0.25, 0.3) is 0 Å². The summed E-state index contributed by atoms with van der Waals surface area (Å²) in [4.78, 5) is 27.8. The summed E-state index contributed by atoms with van der Waals surface area (Å²) in [6.07, 6.45) is 0.752. The van der Waals surface area contributed by atoms with E-state index in [1.807, 2.05) is 17.5 Å². The molecule has 0 saturated heterocycles. The van der Waals surface area contributed by atoms with Gasteiger partial charge in [0.1, 0.15) is 10.8 Å². The molecule has 1 aromatic heterocycles. The number of carbonyl (C=O) groups is 2. The Morgan fingerprint density at radius 2 is 1.81 bits per heavy atom. The van der Waals surface area contributed by atoms with Crippen LogP contribution in [0, 0.1) is 0 Å². The Balaban J connectivity index is 2.04. The van der Waals surface area contributed by atoms with Crippen molar-refractivity contribution in [2.75, 3.05) is 0 Å². The summed E-state index contributed by atoms with van der Waals surface area (Å²) < 4.78 is 0. The minimum atomic E-state index is 0.0639. The number of hydrogen-bond acceptors (Lipinski definition) is 4. The second-order valence-corrected chi connectivity index (χ2v) is 6.44.